The number of carbonyl (C=O) groups is 1. The van der Waals surface area contributed by atoms with Gasteiger partial charge >= 0.3 is 5.97 Å². The van der Waals surface area contributed by atoms with Gasteiger partial charge in [-0.15, -0.1) is 0 Å². The number of sulfonamides is 1. The maximum absolute atomic E-state index is 12.6. The number of rotatable bonds is 8. The number of aromatic carboxylic acids is 1. The first kappa shape index (κ1) is 21.2. The molecule has 0 spiro atoms. The summed E-state index contributed by atoms with van der Waals surface area (Å²) in [5.74, 6) is -0.231. The Labute approximate surface area is 171 Å². The molecule has 0 radical (unpaired) electrons. The van der Waals surface area contributed by atoms with E-state index in [0.717, 1.165) is 18.4 Å². The molecular formula is C20H26N4O4S. The van der Waals surface area contributed by atoms with Crippen LogP contribution in [0.3, 0.4) is 0 Å². The highest BCUT2D eigenvalue weighted by Crippen LogP contribution is 2.21. The van der Waals surface area contributed by atoms with E-state index in [-0.39, 0.29) is 11.6 Å². The number of nitrogens with one attached hydrogen (secondary N) is 1. The number of aromatic nitrogens is 2. The minimum Gasteiger partial charge on any atom is -0.477 e. The van der Waals surface area contributed by atoms with Gasteiger partial charge in [-0.25, -0.2) is 23.2 Å². The molecule has 1 aromatic carbocycles. The molecule has 1 aromatic heterocycles. The lowest BCUT2D eigenvalue weighted by Crippen LogP contribution is -2.27. The summed E-state index contributed by atoms with van der Waals surface area (Å²) in [5.41, 5.74) is 1.01. The van der Waals surface area contributed by atoms with Crippen molar-refractivity contribution < 1.29 is 18.3 Å². The van der Waals surface area contributed by atoms with Gasteiger partial charge in [0.15, 0.2) is 0 Å². The molecule has 1 aliphatic rings. The van der Waals surface area contributed by atoms with E-state index in [1.807, 2.05) is 26.0 Å². The first-order valence-corrected chi connectivity index (χ1v) is 11.2. The number of hydrogen-bond donors (Lipinski definition) is 2. The highest BCUT2D eigenvalue weighted by atomic mass is 32.2. The molecule has 0 saturated carbocycles. The Hall–Kier alpha value is -2.52. The number of benzene rings is 1. The zero-order valence-electron chi connectivity index (χ0n) is 16.6. The van der Waals surface area contributed by atoms with E-state index in [2.05, 4.69) is 15.3 Å². The van der Waals surface area contributed by atoms with Crippen LogP contribution in [0.1, 0.15) is 48.4 Å². The minimum atomic E-state index is -3.41. The normalized spacial score (nSPS) is 15.0. The SMILES string of the molecule is CC(C)Nc1nc(CCc2ccc(S(=O)(=O)N3CCCC3)cc2)ncc1C(=O)O. The molecule has 0 bridgehead atoms. The first-order chi connectivity index (χ1) is 13.8. The predicted octanol–water partition coefficient (Wildman–Crippen LogP) is 2.56. The summed E-state index contributed by atoms with van der Waals surface area (Å²) >= 11 is 0. The molecule has 0 atom stereocenters. The standard InChI is InChI=1S/C20H26N4O4S/c1-14(2)22-19-17(20(25)26)13-21-18(23-19)10-7-15-5-8-16(9-6-15)29(27,28)24-11-3-4-12-24/h5-6,8-9,13-14H,3-4,7,10-12H2,1-2H3,(H,25,26)(H,21,22,23). The molecule has 9 heteroatoms. The maximum Gasteiger partial charge on any atom is 0.341 e. The lowest BCUT2D eigenvalue weighted by Gasteiger charge is -2.15. The van der Waals surface area contributed by atoms with E-state index in [4.69, 9.17) is 0 Å². The molecule has 2 heterocycles. The predicted molar refractivity (Wildman–Crippen MR) is 110 cm³/mol. The topological polar surface area (TPSA) is 112 Å². The summed E-state index contributed by atoms with van der Waals surface area (Å²) in [6, 6.07) is 6.94. The van der Waals surface area contributed by atoms with E-state index < -0.39 is 16.0 Å². The molecule has 2 aromatic rings. The van der Waals surface area contributed by atoms with Crippen molar-refractivity contribution in [1.82, 2.24) is 14.3 Å². The third-order valence-corrected chi connectivity index (χ3v) is 6.67. The van der Waals surface area contributed by atoms with Crippen molar-refractivity contribution in [3.63, 3.8) is 0 Å². The third kappa shape index (κ3) is 5.10. The Balaban J connectivity index is 1.69. The van der Waals surface area contributed by atoms with Gasteiger partial charge in [0.2, 0.25) is 10.0 Å². The summed E-state index contributed by atoms with van der Waals surface area (Å²) in [7, 11) is -3.41. The van der Waals surface area contributed by atoms with Crippen LogP contribution in [0.15, 0.2) is 35.4 Å². The quantitative estimate of drug-likeness (QED) is 0.677. The average Bonchev–Trinajstić information content (AvgIpc) is 3.22. The molecule has 1 fully saturated rings. The molecule has 156 valence electrons. The fourth-order valence-electron chi connectivity index (χ4n) is 3.24. The number of aryl methyl sites for hydroxylation is 2. The summed E-state index contributed by atoms with van der Waals surface area (Å²) in [5, 5.41) is 12.3. The summed E-state index contributed by atoms with van der Waals surface area (Å²) in [6.45, 7) is 4.98. The number of nitrogens with zero attached hydrogens (tertiary/aromatic N) is 3. The van der Waals surface area contributed by atoms with Crippen molar-refractivity contribution in [3.8, 4) is 0 Å². The van der Waals surface area contributed by atoms with Crippen molar-refractivity contribution in [1.29, 1.82) is 0 Å². The monoisotopic (exact) mass is 418 g/mol. The second-order valence-corrected chi connectivity index (χ2v) is 9.35. The number of anilines is 1. The van der Waals surface area contributed by atoms with E-state index in [1.165, 1.54) is 10.5 Å². The second kappa shape index (κ2) is 8.87. The highest BCUT2D eigenvalue weighted by Gasteiger charge is 2.26. The first-order valence-electron chi connectivity index (χ1n) is 9.72. The average molecular weight is 419 g/mol. The summed E-state index contributed by atoms with van der Waals surface area (Å²) < 4.78 is 26.7. The number of carboxylic acids is 1. The van der Waals surface area contributed by atoms with Gasteiger partial charge in [-0.2, -0.15) is 4.31 Å². The zero-order valence-corrected chi connectivity index (χ0v) is 17.4. The van der Waals surface area contributed by atoms with Crippen molar-refractivity contribution in [2.24, 2.45) is 0 Å². The van der Waals surface area contributed by atoms with E-state index >= 15 is 0 Å². The Morgan fingerprint density at radius 1 is 1.17 bits per heavy atom. The van der Waals surface area contributed by atoms with Crippen LogP contribution < -0.4 is 5.32 Å². The Morgan fingerprint density at radius 3 is 2.41 bits per heavy atom. The van der Waals surface area contributed by atoms with Crippen LogP contribution in [0, 0.1) is 0 Å². The molecule has 0 aliphatic carbocycles. The molecule has 1 aliphatic heterocycles. The van der Waals surface area contributed by atoms with Crippen LogP contribution >= 0.6 is 0 Å². The van der Waals surface area contributed by atoms with Gasteiger partial charge in [0.05, 0.1) is 4.90 Å². The van der Waals surface area contributed by atoms with Gasteiger partial charge in [0.25, 0.3) is 0 Å². The Kier molecular flexibility index (Phi) is 6.49. The largest absolute Gasteiger partial charge is 0.477 e. The minimum absolute atomic E-state index is 0.0407. The molecule has 29 heavy (non-hydrogen) atoms. The van der Waals surface area contributed by atoms with Crippen LogP contribution in [0.5, 0.6) is 0 Å². The van der Waals surface area contributed by atoms with E-state index in [0.29, 0.717) is 42.5 Å². The third-order valence-electron chi connectivity index (χ3n) is 4.76. The van der Waals surface area contributed by atoms with Gasteiger partial charge in [-0.1, -0.05) is 12.1 Å². The van der Waals surface area contributed by atoms with Crippen LogP contribution in [-0.4, -0.2) is 52.9 Å². The lowest BCUT2D eigenvalue weighted by molar-refractivity contribution is 0.0697. The smallest absolute Gasteiger partial charge is 0.341 e. The van der Waals surface area contributed by atoms with Crippen LogP contribution in [0.4, 0.5) is 5.82 Å². The van der Waals surface area contributed by atoms with Crippen LogP contribution in [0.25, 0.3) is 0 Å². The number of hydrogen-bond acceptors (Lipinski definition) is 6. The lowest BCUT2D eigenvalue weighted by atomic mass is 10.1. The van der Waals surface area contributed by atoms with Gasteiger partial charge < -0.3 is 10.4 Å². The maximum atomic E-state index is 12.6. The fraction of sp³-hybridized carbons (Fsp3) is 0.450. The summed E-state index contributed by atoms with van der Waals surface area (Å²) in [6.07, 6.45) is 4.28. The van der Waals surface area contributed by atoms with E-state index in [1.54, 1.807) is 12.1 Å². The molecule has 3 rings (SSSR count). The van der Waals surface area contributed by atoms with Gasteiger partial charge in [0.1, 0.15) is 17.2 Å². The fourth-order valence-corrected chi connectivity index (χ4v) is 4.76. The second-order valence-electron chi connectivity index (χ2n) is 7.41. The van der Waals surface area contributed by atoms with Gasteiger partial charge in [-0.05, 0) is 50.8 Å². The van der Waals surface area contributed by atoms with Crippen molar-refractivity contribution in [3.05, 3.63) is 47.4 Å². The Morgan fingerprint density at radius 2 is 1.83 bits per heavy atom. The van der Waals surface area contributed by atoms with Crippen molar-refractivity contribution >= 4 is 21.8 Å². The van der Waals surface area contributed by atoms with Crippen molar-refractivity contribution in [2.75, 3.05) is 18.4 Å². The van der Waals surface area contributed by atoms with Crippen molar-refractivity contribution in [2.45, 2.75) is 50.5 Å². The van der Waals surface area contributed by atoms with Crippen LogP contribution in [0.2, 0.25) is 0 Å². The molecule has 1 saturated heterocycles. The molecule has 0 amide bonds. The molecular weight excluding hydrogens is 392 g/mol. The summed E-state index contributed by atoms with van der Waals surface area (Å²) in [4.78, 5) is 20.2. The highest BCUT2D eigenvalue weighted by molar-refractivity contribution is 7.89. The van der Waals surface area contributed by atoms with Gasteiger partial charge in [-0.3, -0.25) is 0 Å². The molecule has 2 N–H and O–H groups in total. The van der Waals surface area contributed by atoms with Gasteiger partial charge in [0, 0.05) is 31.7 Å². The molecule has 0 unspecified atom stereocenters. The molecule has 8 nitrogen and oxygen atoms in total. The zero-order chi connectivity index (χ0) is 21.0. The van der Waals surface area contributed by atoms with E-state index in [9.17, 15) is 18.3 Å². The van der Waals surface area contributed by atoms with Crippen LogP contribution in [-0.2, 0) is 22.9 Å². The number of carboxylic acid groups (broad SMARTS) is 1. The Bertz CT molecular complexity index is 968.